The lowest BCUT2D eigenvalue weighted by Gasteiger charge is -2.15. The summed E-state index contributed by atoms with van der Waals surface area (Å²) in [5, 5.41) is 12.9. The van der Waals surface area contributed by atoms with Crippen molar-refractivity contribution >= 4 is 40.0 Å². The summed E-state index contributed by atoms with van der Waals surface area (Å²) in [6, 6.07) is 7.89. The molecule has 1 amide bonds. The van der Waals surface area contributed by atoms with Gasteiger partial charge in [0.1, 0.15) is 10.8 Å². The number of esters is 1. The fraction of sp³-hybridized carbons (Fsp3) is 0.481. The van der Waals surface area contributed by atoms with Gasteiger partial charge in [0.25, 0.3) is 0 Å². The van der Waals surface area contributed by atoms with E-state index >= 15 is 0 Å². The van der Waals surface area contributed by atoms with Gasteiger partial charge >= 0.3 is 5.97 Å². The molecule has 1 N–H and O–H groups in total. The zero-order valence-corrected chi connectivity index (χ0v) is 23.5. The van der Waals surface area contributed by atoms with E-state index in [1.807, 2.05) is 49.6 Å². The number of aromatic nitrogens is 3. The molecule has 1 aliphatic rings. The molecule has 0 fully saturated rings. The Hall–Kier alpha value is -2.85. The minimum atomic E-state index is -0.390. The molecule has 2 aromatic heterocycles. The molecule has 1 aromatic carbocycles. The second kappa shape index (κ2) is 12.6. The van der Waals surface area contributed by atoms with E-state index in [9.17, 15) is 9.59 Å². The van der Waals surface area contributed by atoms with E-state index in [1.54, 1.807) is 0 Å². The number of amides is 1. The van der Waals surface area contributed by atoms with Crippen molar-refractivity contribution in [1.82, 2.24) is 14.8 Å². The minimum absolute atomic E-state index is 0.147. The van der Waals surface area contributed by atoms with Crippen LogP contribution in [0.4, 0.5) is 5.00 Å². The van der Waals surface area contributed by atoms with E-state index < -0.39 is 0 Å². The third-order valence-corrected chi connectivity index (χ3v) is 8.58. The Bertz CT molecular complexity index is 1240. The topological polar surface area (TPSA) is 95.3 Å². The van der Waals surface area contributed by atoms with Gasteiger partial charge in [0.05, 0.1) is 18.4 Å². The fourth-order valence-corrected chi connectivity index (χ4v) is 6.60. The zero-order chi connectivity index (χ0) is 26.4. The third kappa shape index (κ3) is 6.54. The molecule has 3 aromatic rings. The molecule has 10 heteroatoms. The first-order valence-corrected chi connectivity index (χ1v) is 14.5. The van der Waals surface area contributed by atoms with Crippen LogP contribution in [0.3, 0.4) is 0 Å². The van der Waals surface area contributed by atoms with Crippen molar-refractivity contribution in [1.29, 1.82) is 0 Å². The molecule has 0 radical (unpaired) electrons. The molecule has 1 unspecified atom stereocenters. The number of thiophene rings is 1. The van der Waals surface area contributed by atoms with Gasteiger partial charge in [-0.1, -0.05) is 42.3 Å². The molecule has 198 valence electrons. The summed E-state index contributed by atoms with van der Waals surface area (Å²) in [5.74, 6) is 1.04. The maximum absolute atomic E-state index is 12.9. The number of carbonyl (C=O) groups excluding carboxylic acids is 2. The average molecular weight is 543 g/mol. The summed E-state index contributed by atoms with van der Waals surface area (Å²) >= 11 is 2.82. The van der Waals surface area contributed by atoms with Gasteiger partial charge in [0, 0.05) is 11.4 Å². The number of fused-ring (bicyclic) bond motifs is 1. The van der Waals surface area contributed by atoms with Crippen LogP contribution in [0.1, 0.15) is 77.8 Å². The summed E-state index contributed by atoms with van der Waals surface area (Å²) in [6.07, 6.45) is 5.95. The summed E-state index contributed by atoms with van der Waals surface area (Å²) in [6.45, 7) is 6.64. The van der Waals surface area contributed by atoms with Crippen LogP contribution in [-0.4, -0.2) is 39.5 Å². The molecule has 37 heavy (non-hydrogen) atoms. The molecule has 1 atom stereocenters. The van der Waals surface area contributed by atoms with Crippen LogP contribution < -0.4 is 10.1 Å². The number of ether oxygens (including phenoxy) is 2. The number of nitrogens with one attached hydrogen (secondary N) is 1. The van der Waals surface area contributed by atoms with Crippen molar-refractivity contribution in [2.75, 3.05) is 18.2 Å². The number of thioether (sulfide) groups is 1. The van der Waals surface area contributed by atoms with Gasteiger partial charge in [0.2, 0.25) is 5.91 Å². The predicted octanol–water partition coefficient (Wildman–Crippen LogP) is 5.98. The first-order chi connectivity index (χ1) is 17.9. The molecule has 2 heterocycles. The van der Waals surface area contributed by atoms with Crippen molar-refractivity contribution in [3.8, 4) is 5.75 Å². The average Bonchev–Trinajstić information content (AvgIpc) is 3.44. The number of hydrogen-bond acceptors (Lipinski definition) is 8. The quantitative estimate of drug-likeness (QED) is 0.262. The predicted molar refractivity (Wildman–Crippen MR) is 147 cm³/mol. The lowest BCUT2D eigenvalue weighted by molar-refractivity contribution is -0.113. The third-order valence-electron chi connectivity index (χ3n) is 6.41. The van der Waals surface area contributed by atoms with Crippen LogP contribution >= 0.6 is 23.1 Å². The molecule has 0 spiro atoms. The van der Waals surface area contributed by atoms with Crippen LogP contribution in [-0.2, 0) is 28.9 Å². The number of methoxy groups -OCH3 is 1. The van der Waals surface area contributed by atoms with Gasteiger partial charge < -0.3 is 19.4 Å². The van der Waals surface area contributed by atoms with Crippen LogP contribution in [0.5, 0.6) is 5.75 Å². The minimum Gasteiger partial charge on any atom is -0.483 e. The number of nitrogens with zero attached hydrogens (tertiary/aromatic N) is 3. The number of aryl methyl sites for hydroxylation is 2. The molecule has 1 aliphatic carbocycles. The van der Waals surface area contributed by atoms with Gasteiger partial charge in [-0.25, -0.2) is 4.79 Å². The molecular formula is C27H34N4O4S2. The van der Waals surface area contributed by atoms with Crippen molar-refractivity contribution in [3.05, 3.63) is 51.7 Å². The summed E-state index contributed by atoms with van der Waals surface area (Å²) in [4.78, 5) is 26.7. The van der Waals surface area contributed by atoms with Gasteiger partial charge in [-0.3, -0.25) is 4.79 Å². The number of hydrogen-bond donors (Lipinski definition) is 1. The Kier molecular flexibility index (Phi) is 9.26. The summed E-state index contributed by atoms with van der Waals surface area (Å²) in [7, 11) is 1.38. The molecule has 0 aliphatic heterocycles. The monoisotopic (exact) mass is 542 g/mol. The SMILES string of the molecule is CCn1c(SCC(=O)Nc2sc3c(c2C(=O)OC)CCCCCC3)nnc1C(C)Oc1ccc(C)cc1. The van der Waals surface area contributed by atoms with E-state index in [4.69, 9.17) is 9.47 Å². The molecule has 0 saturated heterocycles. The maximum atomic E-state index is 12.9. The van der Waals surface area contributed by atoms with Crippen LogP contribution in [0, 0.1) is 6.92 Å². The highest BCUT2D eigenvalue weighted by Crippen LogP contribution is 2.37. The maximum Gasteiger partial charge on any atom is 0.341 e. The van der Waals surface area contributed by atoms with Crippen LogP contribution in [0.15, 0.2) is 29.4 Å². The zero-order valence-electron chi connectivity index (χ0n) is 21.8. The number of rotatable bonds is 9. The molecule has 0 saturated carbocycles. The largest absolute Gasteiger partial charge is 0.483 e. The Morgan fingerprint density at radius 3 is 2.57 bits per heavy atom. The Labute approximate surface area is 226 Å². The number of benzene rings is 1. The molecule has 4 rings (SSSR count). The second-order valence-corrected chi connectivity index (χ2v) is 11.2. The van der Waals surface area contributed by atoms with E-state index in [2.05, 4.69) is 15.5 Å². The van der Waals surface area contributed by atoms with Crippen molar-refractivity contribution in [3.63, 3.8) is 0 Å². The van der Waals surface area contributed by atoms with Gasteiger partial charge in [-0.05, 0) is 64.2 Å². The Balaban J connectivity index is 1.44. The van der Waals surface area contributed by atoms with E-state index in [-0.39, 0.29) is 23.7 Å². The molecule has 8 nitrogen and oxygen atoms in total. The van der Waals surface area contributed by atoms with Crippen molar-refractivity contribution < 1.29 is 19.1 Å². The molecular weight excluding hydrogens is 508 g/mol. The smallest absolute Gasteiger partial charge is 0.341 e. The highest BCUT2D eigenvalue weighted by atomic mass is 32.2. The van der Waals surface area contributed by atoms with Gasteiger partial charge in [0.15, 0.2) is 17.1 Å². The normalized spacial score (nSPS) is 14.3. The Morgan fingerprint density at radius 1 is 1.14 bits per heavy atom. The highest BCUT2D eigenvalue weighted by molar-refractivity contribution is 7.99. The number of carbonyl (C=O) groups is 2. The lowest BCUT2D eigenvalue weighted by atomic mass is 9.96. The van der Waals surface area contributed by atoms with Crippen molar-refractivity contribution in [2.45, 2.75) is 77.1 Å². The van der Waals surface area contributed by atoms with Crippen LogP contribution in [0.25, 0.3) is 0 Å². The van der Waals surface area contributed by atoms with Gasteiger partial charge in [-0.2, -0.15) is 0 Å². The first kappa shape index (κ1) is 27.2. The second-order valence-electron chi connectivity index (χ2n) is 9.11. The van der Waals surface area contributed by atoms with Crippen molar-refractivity contribution in [2.24, 2.45) is 0 Å². The lowest BCUT2D eigenvalue weighted by Crippen LogP contribution is -2.17. The fourth-order valence-electron chi connectivity index (χ4n) is 4.50. The number of anilines is 1. The Morgan fingerprint density at radius 2 is 1.86 bits per heavy atom. The summed E-state index contributed by atoms with van der Waals surface area (Å²) in [5.41, 5.74) is 2.72. The first-order valence-electron chi connectivity index (χ1n) is 12.7. The van der Waals surface area contributed by atoms with E-state index in [1.165, 1.54) is 47.1 Å². The standard InChI is InChI=1S/C27H34N4O4S2/c1-5-31-24(18(3)35-19-14-12-17(2)13-15-19)29-30-27(31)36-16-22(32)28-25-23(26(33)34-4)20-10-8-6-7-9-11-21(20)37-25/h12-15,18H,5-11,16H2,1-4H3,(H,28,32). The molecule has 0 bridgehead atoms. The highest BCUT2D eigenvalue weighted by Gasteiger charge is 2.26. The summed E-state index contributed by atoms with van der Waals surface area (Å²) < 4.78 is 13.1. The van der Waals surface area contributed by atoms with E-state index in [0.29, 0.717) is 28.1 Å². The van der Waals surface area contributed by atoms with Crippen LogP contribution in [0.2, 0.25) is 0 Å². The van der Waals surface area contributed by atoms with E-state index in [0.717, 1.165) is 43.4 Å². The van der Waals surface area contributed by atoms with Gasteiger partial charge in [-0.15, -0.1) is 21.5 Å².